The summed E-state index contributed by atoms with van der Waals surface area (Å²) < 4.78 is 1.84. The highest BCUT2D eigenvalue weighted by molar-refractivity contribution is 5.03. The molecule has 0 saturated carbocycles. The highest BCUT2D eigenvalue weighted by atomic mass is 15.2. The zero-order valence-corrected chi connectivity index (χ0v) is 11.6. The summed E-state index contributed by atoms with van der Waals surface area (Å²) in [5.41, 5.74) is 7.38. The fourth-order valence-corrected chi connectivity index (χ4v) is 2.42. The monoisotopic (exact) mass is 238 g/mol. The third-order valence-electron chi connectivity index (χ3n) is 3.21. The van der Waals surface area contributed by atoms with Crippen LogP contribution in [0.3, 0.4) is 0 Å². The molecule has 1 aromatic rings. The van der Waals surface area contributed by atoms with Crippen LogP contribution in [0, 0.1) is 5.41 Å². The van der Waals surface area contributed by atoms with Gasteiger partial charge in [0.25, 0.3) is 0 Å². The molecule has 0 aliphatic carbocycles. The SMILES string of the molecule is CCCC(C)(CN)CN(C)Cc1cnn(C)c1. The topological polar surface area (TPSA) is 47.1 Å². The molecule has 4 heteroatoms. The number of hydrogen-bond acceptors (Lipinski definition) is 3. The first-order valence-corrected chi connectivity index (χ1v) is 6.35. The molecule has 1 atom stereocenters. The van der Waals surface area contributed by atoms with Gasteiger partial charge in [-0.05, 0) is 25.4 Å². The Morgan fingerprint density at radius 1 is 1.53 bits per heavy atom. The van der Waals surface area contributed by atoms with Crippen LogP contribution in [0.4, 0.5) is 0 Å². The number of rotatable bonds is 7. The zero-order valence-electron chi connectivity index (χ0n) is 11.6. The molecular formula is C13H26N4. The molecule has 0 spiro atoms. The normalized spacial score (nSPS) is 15.2. The van der Waals surface area contributed by atoms with E-state index < -0.39 is 0 Å². The van der Waals surface area contributed by atoms with Crippen molar-refractivity contribution in [3.63, 3.8) is 0 Å². The summed E-state index contributed by atoms with van der Waals surface area (Å²) in [6.07, 6.45) is 6.36. The van der Waals surface area contributed by atoms with Gasteiger partial charge in [-0.3, -0.25) is 4.68 Å². The molecule has 0 aliphatic heterocycles. The van der Waals surface area contributed by atoms with Crippen LogP contribution in [-0.2, 0) is 13.6 Å². The molecule has 4 nitrogen and oxygen atoms in total. The quantitative estimate of drug-likeness (QED) is 0.785. The molecule has 0 bridgehead atoms. The minimum absolute atomic E-state index is 0.228. The highest BCUT2D eigenvalue weighted by Gasteiger charge is 2.23. The van der Waals surface area contributed by atoms with Crippen LogP contribution < -0.4 is 5.73 Å². The van der Waals surface area contributed by atoms with E-state index in [9.17, 15) is 0 Å². The van der Waals surface area contributed by atoms with Crippen molar-refractivity contribution in [3.05, 3.63) is 18.0 Å². The number of aryl methyl sites for hydroxylation is 1. The first kappa shape index (κ1) is 14.2. The van der Waals surface area contributed by atoms with E-state index in [0.29, 0.717) is 0 Å². The van der Waals surface area contributed by atoms with Crippen molar-refractivity contribution in [1.82, 2.24) is 14.7 Å². The lowest BCUT2D eigenvalue weighted by atomic mass is 9.85. The van der Waals surface area contributed by atoms with Crippen molar-refractivity contribution in [1.29, 1.82) is 0 Å². The Morgan fingerprint density at radius 3 is 2.71 bits per heavy atom. The van der Waals surface area contributed by atoms with Crippen LogP contribution in [0.25, 0.3) is 0 Å². The fourth-order valence-electron chi connectivity index (χ4n) is 2.42. The molecule has 17 heavy (non-hydrogen) atoms. The predicted molar refractivity (Wildman–Crippen MR) is 71.6 cm³/mol. The van der Waals surface area contributed by atoms with Gasteiger partial charge in [-0.25, -0.2) is 0 Å². The lowest BCUT2D eigenvalue weighted by Crippen LogP contribution is -2.38. The standard InChI is InChI=1S/C13H26N4/c1-5-6-13(2,10-14)11-16(3)8-12-7-15-17(4)9-12/h7,9H,5-6,8,10-11,14H2,1-4H3. The second-order valence-corrected chi connectivity index (χ2v) is 5.46. The van der Waals surface area contributed by atoms with E-state index in [1.54, 1.807) is 0 Å². The van der Waals surface area contributed by atoms with Crippen molar-refractivity contribution in [3.8, 4) is 0 Å². The molecule has 2 N–H and O–H groups in total. The van der Waals surface area contributed by atoms with Gasteiger partial charge in [0, 0.05) is 31.9 Å². The van der Waals surface area contributed by atoms with E-state index in [-0.39, 0.29) is 5.41 Å². The molecule has 0 fully saturated rings. The Bertz CT molecular complexity index is 334. The van der Waals surface area contributed by atoms with Crippen LogP contribution in [0.5, 0.6) is 0 Å². The van der Waals surface area contributed by atoms with E-state index in [2.05, 4.69) is 37.1 Å². The Hall–Kier alpha value is -0.870. The molecule has 0 amide bonds. The summed E-state index contributed by atoms with van der Waals surface area (Å²) in [7, 11) is 4.10. The fraction of sp³-hybridized carbons (Fsp3) is 0.769. The van der Waals surface area contributed by atoms with Gasteiger partial charge in [-0.15, -0.1) is 0 Å². The molecule has 0 saturated heterocycles. The van der Waals surface area contributed by atoms with Gasteiger partial charge in [0.15, 0.2) is 0 Å². The molecule has 0 radical (unpaired) electrons. The maximum Gasteiger partial charge on any atom is 0.0534 e. The largest absolute Gasteiger partial charge is 0.330 e. The summed E-state index contributed by atoms with van der Waals surface area (Å²) in [5.74, 6) is 0. The van der Waals surface area contributed by atoms with Crippen LogP contribution in [-0.4, -0.2) is 34.8 Å². The van der Waals surface area contributed by atoms with E-state index in [1.165, 1.54) is 18.4 Å². The highest BCUT2D eigenvalue weighted by Crippen LogP contribution is 2.23. The lowest BCUT2D eigenvalue weighted by Gasteiger charge is -2.32. The first-order chi connectivity index (χ1) is 7.99. The lowest BCUT2D eigenvalue weighted by molar-refractivity contribution is 0.179. The predicted octanol–water partition coefficient (Wildman–Crippen LogP) is 1.62. The van der Waals surface area contributed by atoms with Gasteiger partial charge in [0.1, 0.15) is 0 Å². The molecule has 0 aliphatic rings. The maximum absolute atomic E-state index is 5.90. The minimum Gasteiger partial charge on any atom is -0.330 e. The van der Waals surface area contributed by atoms with Gasteiger partial charge >= 0.3 is 0 Å². The Balaban J connectivity index is 2.50. The second kappa shape index (κ2) is 6.17. The summed E-state index contributed by atoms with van der Waals surface area (Å²) in [4.78, 5) is 2.33. The van der Waals surface area contributed by atoms with Crippen molar-refractivity contribution in [2.45, 2.75) is 33.2 Å². The van der Waals surface area contributed by atoms with Crippen molar-refractivity contribution >= 4 is 0 Å². The average Bonchev–Trinajstić information content (AvgIpc) is 2.64. The van der Waals surface area contributed by atoms with Gasteiger partial charge in [-0.1, -0.05) is 20.3 Å². The van der Waals surface area contributed by atoms with E-state index in [0.717, 1.165) is 19.6 Å². The summed E-state index contributed by atoms with van der Waals surface area (Å²) in [5, 5.41) is 4.19. The van der Waals surface area contributed by atoms with Gasteiger partial charge in [0.05, 0.1) is 6.20 Å². The van der Waals surface area contributed by atoms with Crippen molar-refractivity contribution < 1.29 is 0 Å². The summed E-state index contributed by atoms with van der Waals surface area (Å²) in [6, 6.07) is 0. The van der Waals surface area contributed by atoms with E-state index in [1.807, 2.05) is 17.9 Å². The van der Waals surface area contributed by atoms with Crippen LogP contribution in [0.1, 0.15) is 32.3 Å². The summed E-state index contributed by atoms with van der Waals surface area (Å²) >= 11 is 0. The van der Waals surface area contributed by atoms with Crippen LogP contribution in [0.2, 0.25) is 0 Å². The smallest absolute Gasteiger partial charge is 0.0534 e. The Labute approximate surface area is 105 Å². The van der Waals surface area contributed by atoms with Crippen LogP contribution >= 0.6 is 0 Å². The average molecular weight is 238 g/mol. The van der Waals surface area contributed by atoms with Gasteiger partial charge in [-0.2, -0.15) is 5.10 Å². The second-order valence-electron chi connectivity index (χ2n) is 5.46. The van der Waals surface area contributed by atoms with E-state index >= 15 is 0 Å². The molecular weight excluding hydrogens is 212 g/mol. The molecule has 98 valence electrons. The van der Waals surface area contributed by atoms with Gasteiger partial charge < -0.3 is 10.6 Å². The van der Waals surface area contributed by atoms with Crippen molar-refractivity contribution in [2.75, 3.05) is 20.1 Å². The molecule has 1 aromatic heterocycles. The van der Waals surface area contributed by atoms with Crippen LogP contribution in [0.15, 0.2) is 12.4 Å². The third kappa shape index (κ3) is 4.48. The molecule has 1 heterocycles. The molecule has 1 rings (SSSR count). The number of hydrogen-bond donors (Lipinski definition) is 1. The first-order valence-electron chi connectivity index (χ1n) is 6.35. The number of aromatic nitrogens is 2. The Kier molecular flexibility index (Phi) is 5.15. The minimum atomic E-state index is 0.228. The zero-order chi connectivity index (χ0) is 12.9. The number of nitrogens with two attached hydrogens (primary N) is 1. The van der Waals surface area contributed by atoms with Crippen molar-refractivity contribution in [2.24, 2.45) is 18.2 Å². The maximum atomic E-state index is 5.90. The van der Waals surface area contributed by atoms with E-state index in [4.69, 9.17) is 5.73 Å². The number of nitrogens with zero attached hydrogens (tertiary/aromatic N) is 3. The molecule has 0 aromatic carbocycles. The third-order valence-corrected chi connectivity index (χ3v) is 3.21. The van der Waals surface area contributed by atoms with Gasteiger partial charge in [0.2, 0.25) is 0 Å². The Morgan fingerprint density at radius 2 is 2.24 bits per heavy atom. The summed E-state index contributed by atoms with van der Waals surface area (Å²) in [6.45, 7) is 7.21. The molecule has 1 unspecified atom stereocenters.